The van der Waals surface area contributed by atoms with Crippen LogP contribution in [0.2, 0.25) is 0 Å². The van der Waals surface area contributed by atoms with Gasteiger partial charge in [-0.15, -0.1) is 0 Å². The molecule has 24 heavy (non-hydrogen) atoms. The number of hydrogen-bond acceptors (Lipinski definition) is 4. The van der Waals surface area contributed by atoms with E-state index in [1.165, 1.54) is 0 Å². The van der Waals surface area contributed by atoms with Gasteiger partial charge in [0.15, 0.2) is 0 Å². The second kappa shape index (κ2) is 9.01. The van der Waals surface area contributed by atoms with Crippen molar-refractivity contribution >= 4 is 17.5 Å². The number of carbonyl (C=O) groups is 1. The lowest BCUT2D eigenvalue weighted by molar-refractivity contribution is 0.102. The molecule has 0 saturated carbocycles. The van der Waals surface area contributed by atoms with Gasteiger partial charge in [-0.3, -0.25) is 4.79 Å². The summed E-state index contributed by atoms with van der Waals surface area (Å²) in [4.78, 5) is 23.5. The number of hydrogen-bond donors (Lipinski definition) is 1. The molecule has 128 valence electrons. The minimum Gasteiger partial charge on any atom is -0.341 e. The Labute approximate surface area is 144 Å². The third kappa shape index (κ3) is 4.54. The van der Waals surface area contributed by atoms with Gasteiger partial charge in [-0.2, -0.15) is 0 Å². The lowest BCUT2D eigenvalue weighted by Gasteiger charge is -2.21. The predicted molar refractivity (Wildman–Crippen MR) is 98.6 cm³/mol. The monoisotopic (exact) mass is 326 g/mol. The zero-order chi connectivity index (χ0) is 17.4. The Balaban J connectivity index is 2.19. The van der Waals surface area contributed by atoms with Crippen LogP contribution >= 0.6 is 0 Å². The van der Waals surface area contributed by atoms with E-state index >= 15 is 0 Å². The molecule has 5 nitrogen and oxygen atoms in total. The van der Waals surface area contributed by atoms with Gasteiger partial charge in [0.1, 0.15) is 5.69 Å². The Hall–Kier alpha value is -2.43. The molecule has 1 aromatic carbocycles. The fourth-order valence-corrected chi connectivity index (χ4v) is 2.62. The fourth-order valence-electron chi connectivity index (χ4n) is 2.62. The SMILES string of the molecule is CCCN(CCC)c1nccc(C(=O)Nc2ccccc2CC)n1. The number of aromatic nitrogens is 2. The fraction of sp³-hybridized carbons (Fsp3) is 0.421. The summed E-state index contributed by atoms with van der Waals surface area (Å²) in [6, 6.07) is 9.49. The van der Waals surface area contributed by atoms with Gasteiger partial charge in [0, 0.05) is 25.0 Å². The summed E-state index contributed by atoms with van der Waals surface area (Å²) in [5.74, 6) is 0.419. The molecule has 1 heterocycles. The van der Waals surface area contributed by atoms with E-state index in [1.54, 1.807) is 12.3 Å². The van der Waals surface area contributed by atoms with E-state index in [1.807, 2.05) is 24.3 Å². The molecule has 0 saturated heterocycles. The molecular weight excluding hydrogens is 300 g/mol. The number of anilines is 2. The van der Waals surface area contributed by atoms with Crippen LogP contribution in [-0.4, -0.2) is 29.0 Å². The van der Waals surface area contributed by atoms with Crippen LogP contribution in [0.4, 0.5) is 11.6 Å². The summed E-state index contributed by atoms with van der Waals surface area (Å²) in [5, 5.41) is 2.96. The molecule has 1 aromatic heterocycles. The molecule has 0 atom stereocenters. The quantitative estimate of drug-likeness (QED) is 0.799. The van der Waals surface area contributed by atoms with Crippen molar-refractivity contribution in [2.45, 2.75) is 40.0 Å². The Kier molecular flexibility index (Phi) is 6.73. The summed E-state index contributed by atoms with van der Waals surface area (Å²) in [7, 11) is 0. The van der Waals surface area contributed by atoms with E-state index in [0.717, 1.165) is 43.6 Å². The van der Waals surface area contributed by atoms with Crippen LogP contribution in [-0.2, 0) is 6.42 Å². The highest BCUT2D eigenvalue weighted by molar-refractivity contribution is 6.03. The van der Waals surface area contributed by atoms with Crippen molar-refractivity contribution in [3.63, 3.8) is 0 Å². The predicted octanol–water partition coefficient (Wildman–Crippen LogP) is 3.92. The summed E-state index contributed by atoms with van der Waals surface area (Å²) >= 11 is 0. The van der Waals surface area contributed by atoms with Gasteiger partial charge in [0.25, 0.3) is 5.91 Å². The molecule has 0 bridgehead atoms. The van der Waals surface area contributed by atoms with Crippen molar-refractivity contribution in [2.24, 2.45) is 0 Å². The van der Waals surface area contributed by atoms with Gasteiger partial charge in [-0.05, 0) is 37.0 Å². The van der Waals surface area contributed by atoms with Crippen LogP contribution in [0.15, 0.2) is 36.5 Å². The zero-order valence-corrected chi connectivity index (χ0v) is 14.7. The maximum atomic E-state index is 12.6. The van der Waals surface area contributed by atoms with Crippen LogP contribution in [0.3, 0.4) is 0 Å². The highest BCUT2D eigenvalue weighted by Gasteiger charge is 2.13. The third-order valence-corrected chi connectivity index (χ3v) is 3.79. The van der Waals surface area contributed by atoms with Gasteiger partial charge in [-0.25, -0.2) is 9.97 Å². The molecular formula is C19H26N4O. The number of para-hydroxylation sites is 1. The van der Waals surface area contributed by atoms with Crippen LogP contribution in [0.1, 0.15) is 49.7 Å². The van der Waals surface area contributed by atoms with Crippen molar-refractivity contribution in [3.05, 3.63) is 47.8 Å². The van der Waals surface area contributed by atoms with Crippen molar-refractivity contribution in [1.82, 2.24) is 9.97 Å². The number of benzene rings is 1. The van der Waals surface area contributed by atoms with Gasteiger partial charge in [0.05, 0.1) is 0 Å². The Bertz CT molecular complexity index is 666. The largest absolute Gasteiger partial charge is 0.341 e. The Morgan fingerprint density at radius 2 is 1.79 bits per heavy atom. The Morgan fingerprint density at radius 3 is 2.46 bits per heavy atom. The minimum absolute atomic E-state index is 0.201. The highest BCUT2D eigenvalue weighted by atomic mass is 16.1. The molecule has 2 rings (SSSR count). The molecule has 5 heteroatoms. The maximum absolute atomic E-state index is 12.6. The second-order valence-electron chi connectivity index (χ2n) is 5.69. The molecule has 0 aliphatic heterocycles. The average Bonchev–Trinajstić information content (AvgIpc) is 2.62. The lowest BCUT2D eigenvalue weighted by Crippen LogP contribution is -2.28. The smallest absolute Gasteiger partial charge is 0.274 e. The second-order valence-corrected chi connectivity index (χ2v) is 5.69. The molecule has 0 aliphatic carbocycles. The minimum atomic E-state index is -0.201. The molecule has 0 spiro atoms. The van der Waals surface area contributed by atoms with Crippen LogP contribution in [0.5, 0.6) is 0 Å². The van der Waals surface area contributed by atoms with E-state index in [0.29, 0.717) is 11.6 Å². The lowest BCUT2D eigenvalue weighted by atomic mass is 10.1. The summed E-state index contributed by atoms with van der Waals surface area (Å²) < 4.78 is 0. The van der Waals surface area contributed by atoms with Crippen LogP contribution in [0, 0.1) is 0 Å². The highest BCUT2D eigenvalue weighted by Crippen LogP contribution is 2.17. The molecule has 0 radical (unpaired) electrons. The number of rotatable bonds is 8. The van der Waals surface area contributed by atoms with Crippen molar-refractivity contribution in [1.29, 1.82) is 0 Å². The molecule has 1 amide bonds. The number of amides is 1. The number of aryl methyl sites for hydroxylation is 1. The summed E-state index contributed by atoms with van der Waals surface area (Å²) in [6.07, 6.45) is 4.56. The van der Waals surface area contributed by atoms with E-state index in [2.05, 4.69) is 41.0 Å². The summed E-state index contributed by atoms with van der Waals surface area (Å²) in [5.41, 5.74) is 2.34. The zero-order valence-electron chi connectivity index (χ0n) is 14.7. The van der Waals surface area contributed by atoms with Gasteiger partial charge in [0.2, 0.25) is 5.95 Å². The molecule has 0 fully saturated rings. The van der Waals surface area contributed by atoms with E-state index < -0.39 is 0 Å². The molecule has 0 unspecified atom stereocenters. The summed E-state index contributed by atoms with van der Waals surface area (Å²) in [6.45, 7) is 8.10. The number of nitrogens with zero attached hydrogens (tertiary/aromatic N) is 3. The van der Waals surface area contributed by atoms with Crippen molar-refractivity contribution < 1.29 is 4.79 Å². The van der Waals surface area contributed by atoms with Gasteiger partial charge in [-0.1, -0.05) is 39.0 Å². The topological polar surface area (TPSA) is 58.1 Å². The normalized spacial score (nSPS) is 10.5. The molecule has 0 aliphatic rings. The number of nitrogens with one attached hydrogen (secondary N) is 1. The Morgan fingerprint density at radius 1 is 1.08 bits per heavy atom. The van der Waals surface area contributed by atoms with E-state index in [4.69, 9.17) is 0 Å². The first-order valence-corrected chi connectivity index (χ1v) is 8.66. The van der Waals surface area contributed by atoms with Crippen molar-refractivity contribution in [3.8, 4) is 0 Å². The van der Waals surface area contributed by atoms with Crippen molar-refractivity contribution in [2.75, 3.05) is 23.3 Å². The van der Waals surface area contributed by atoms with E-state index in [9.17, 15) is 4.79 Å². The number of carbonyl (C=O) groups excluding carboxylic acids is 1. The maximum Gasteiger partial charge on any atom is 0.274 e. The van der Waals surface area contributed by atoms with Crippen LogP contribution < -0.4 is 10.2 Å². The molecule has 1 N–H and O–H groups in total. The van der Waals surface area contributed by atoms with Gasteiger partial charge >= 0.3 is 0 Å². The van der Waals surface area contributed by atoms with Gasteiger partial charge < -0.3 is 10.2 Å². The average molecular weight is 326 g/mol. The first kappa shape index (κ1) is 17.9. The first-order valence-electron chi connectivity index (χ1n) is 8.66. The van der Waals surface area contributed by atoms with Crippen LogP contribution in [0.25, 0.3) is 0 Å². The first-order chi connectivity index (χ1) is 11.7. The standard InChI is InChI=1S/C19H26N4O/c1-4-13-23(14-5-2)19-20-12-11-17(22-19)18(24)21-16-10-8-7-9-15(16)6-3/h7-12H,4-6,13-14H2,1-3H3,(H,21,24). The third-order valence-electron chi connectivity index (χ3n) is 3.79. The van der Waals surface area contributed by atoms with E-state index in [-0.39, 0.29) is 5.91 Å². The molecule has 2 aromatic rings.